The minimum absolute atomic E-state index is 0.0377. The number of nitrogens with one attached hydrogen (secondary N) is 1. The summed E-state index contributed by atoms with van der Waals surface area (Å²) in [4.78, 5) is 15.8. The van der Waals surface area contributed by atoms with Crippen LogP contribution >= 0.6 is 0 Å². The van der Waals surface area contributed by atoms with Gasteiger partial charge < -0.3 is 10.2 Å². The van der Waals surface area contributed by atoms with Gasteiger partial charge >= 0.3 is 0 Å². The summed E-state index contributed by atoms with van der Waals surface area (Å²) in [6, 6.07) is 13.8. The highest BCUT2D eigenvalue weighted by Gasteiger charge is 2.46. The molecule has 0 spiro atoms. The minimum Gasteiger partial charge on any atom is -0.359 e. The third-order valence-electron chi connectivity index (χ3n) is 7.40. The second kappa shape index (κ2) is 6.94. The van der Waals surface area contributed by atoms with Crippen molar-refractivity contribution < 1.29 is 4.79 Å². The molecule has 1 aliphatic heterocycles. The molecule has 3 heteroatoms. The highest BCUT2D eigenvalue weighted by Crippen LogP contribution is 2.54. The first kappa shape index (κ1) is 17.2. The normalized spacial score (nSPS) is 30.7. The lowest BCUT2D eigenvalue weighted by Gasteiger charge is -2.43. The van der Waals surface area contributed by atoms with E-state index in [2.05, 4.69) is 46.6 Å². The molecular weight excluding hydrogens is 332 g/mol. The van der Waals surface area contributed by atoms with E-state index in [0.717, 1.165) is 0 Å². The van der Waals surface area contributed by atoms with Gasteiger partial charge in [0.05, 0.1) is 5.92 Å². The number of rotatable bonds is 3. The van der Waals surface area contributed by atoms with Crippen LogP contribution in [0.4, 0.5) is 0 Å². The standard InChI is InChI=1S/C24H30N2O/c1-25-24(27)23-19-12-7-9-16-8-6-11-18(21(16)19)22(23)17-10-2-3-13-20(17)26-14-4-5-15-26/h6-9,11-12,17,20,22-23H,2-5,10,13-15H2,1H3,(H,25,27). The fourth-order valence-electron chi connectivity index (χ4n) is 6.33. The Hall–Kier alpha value is -1.87. The molecule has 2 fully saturated rings. The van der Waals surface area contributed by atoms with E-state index in [9.17, 15) is 4.79 Å². The maximum absolute atomic E-state index is 13.1. The summed E-state index contributed by atoms with van der Waals surface area (Å²) < 4.78 is 0. The van der Waals surface area contributed by atoms with Gasteiger partial charge in [-0.1, -0.05) is 49.2 Å². The molecule has 1 saturated carbocycles. The molecule has 5 rings (SSSR count). The van der Waals surface area contributed by atoms with Gasteiger partial charge in [-0.3, -0.25) is 4.79 Å². The van der Waals surface area contributed by atoms with Gasteiger partial charge in [-0.25, -0.2) is 0 Å². The molecule has 1 heterocycles. The molecule has 1 saturated heterocycles. The molecule has 2 aliphatic carbocycles. The Morgan fingerprint density at radius 1 is 0.963 bits per heavy atom. The summed E-state index contributed by atoms with van der Waals surface area (Å²) >= 11 is 0. The van der Waals surface area contributed by atoms with Gasteiger partial charge in [0.1, 0.15) is 0 Å². The zero-order valence-corrected chi connectivity index (χ0v) is 16.3. The minimum atomic E-state index is -0.0377. The van der Waals surface area contributed by atoms with Crippen molar-refractivity contribution >= 4 is 16.7 Å². The largest absolute Gasteiger partial charge is 0.359 e. The summed E-state index contributed by atoms with van der Waals surface area (Å²) in [5.41, 5.74) is 2.67. The van der Waals surface area contributed by atoms with Crippen LogP contribution in [0.3, 0.4) is 0 Å². The number of benzene rings is 2. The molecule has 27 heavy (non-hydrogen) atoms. The summed E-state index contributed by atoms with van der Waals surface area (Å²) in [5, 5.41) is 5.62. The average Bonchev–Trinajstić information content (AvgIpc) is 3.36. The number of hydrogen-bond donors (Lipinski definition) is 1. The molecule has 1 N–H and O–H groups in total. The van der Waals surface area contributed by atoms with Gasteiger partial charge in [0, 0.05) is 19.0 Å². The van der Waals surface area contributed by atoms with Gasteiger partial charge in [-0.15, -0.1) is 0 Å². The maximum atomic E-state index is 13.1. The van der Waals surface area contributed by atoms with Crippen molar-refractivity contribution in [1.82, 2.24) is 10.2 Å². The molecule has 2 aromatic carbocycles. The molecule has 4 unspecified atom stereocenters. The Bertz CT molecular complexity index is 849. The molecule has 0 aromatic heterocycles. The Labute approximate surface area is 162 Å². The maximum Gasteiger partial charge on any atom is 0.227 e. The van der Waals surface area contributed by atoms with Crippen molar-refractivity contribution in [2.75, 3.05) is 20.1 Å². The number of amides is 1. The second-order valence-corrected chi connectivity index (χ2v) is 8.67. The molecule has 3 nitrogen and oxygen atoms in total. The number of likely N-dealkylation sites (N-methyl/N-ethyl adjacent to an activating group) is 1. The van der Waals surface area contributed by atoms with Crippen LogP contribution in [0, 0.1) is 5.92 Å². The summed E-state index contributed by atoms with van der Waals surface area (Å²) in [6.07, 6.45) is 7.87. The zero-order chi connectivity index (χ0) is 18.4. The van der Waals surface area contributed by atoms with E-state index in [1.54, 1.807) is 7.05 Å². The lowest BCUT2D eigenvalue weighted by Crippen LogP contribution is -2.45. The van der Waals surface area contributed by atoms with E-state index in [-0.39, 0.29) is 11.8 Å². The average molecular weight is 363 g/mol. The molecule has 0 bridgehead atoms. The highest BCUT2D eigenvalue weighted by molar-refractivity contribution is 5.99. The molecule has 0 radical (unpaired) electrons. The Morgan fingerprint density at radius 3 is 2.41 bits per heavy atom. The molecule has 142 valence electrons. The van der Waals surface area contributed by atoms with Crippen molar-refractivity contribution in [2.45, 2.75) is 56.4 Å². The molecule has 1 amide bonds. The number of carbonyl (C=O) groups excluding carboxylic acids is 1. The first-order valence-electron chi connectivity index (χ1n) is 10.8. The fraction of sp³-hybridized carbons (Fsp3) is 0.542. The molecular formula is C24H30N2O. The third-order valence-corrected chi connectivity index (χ3v) is 7.40. The quantitative estimate of drug-likeness (QED) is 0.876. The predicted octanol–water partition coefficient (Wildman–Crippen LogP) is 4.42. The third kappa shape index (κ3) is 2.70. The van der Waals surface area contributed by atoms with E-state index in [0.29, 0.717) is 17.9 Å². The van der Waals surface area contributed by atoms with Crippen molar-refractivity contribution in [3.05, 3.63) is 47.5 Å². The fourth-order valence-corrected chi connectivity index (χ4v) is 6.33. The number of hydrogen-bond acceptors (Lipinski definition) is 2. The van der Waals surface area contributed by atoms with E-state index in [1.807, 2.05) is 0 Å². The van der Waals surface area contributed by atoms with Crippen LogP contribution in [0.15, 0.2) is 36.4 Å². The monoisotopic (exact) mass is 362 g/mol. The lowest BCUT2D eigenvalue weighted by molar-refractivity contribution is -0.123. The van der Waals surface area contributed by atoms with Crippen molar-refractivity contribution in [3.8, 4) is 0 Å². The van der Waals surface area contributed by atoms with Crippen LogP contribution in [-0.2, 0) is 4.79 Å². The van der Waals surface area contributed by atoms with Gasteiger partial charge in [-0.05, 0) is 66.6 Å². The number of likely N-dealkylation sites (tertiary alicyclic amines) is 1. The van der Waals surface area contributed by atoms with Crippen LogP contribution in [0.25, 0.3) is 10.8 Å². The van der Waals surface area contributed by atoms with Crippen LogP contribution in [0.2, 0.25) is 0 Å². The molecule has 4 atom stereocenters. The van der Waals surface area contributed by atoms with E-state index >= 15 is 0 Å². The van der Waals surface area contributed by atoms with E-state index in [4.69, 9.17) is 0 Å². The second-order valence-electron chi connectivity index (χ2n) is 8.67. The van der Waals surface area contributed by atoms with Crippen LogP contribution < -0.4 is 5.32 Å². The first-order chi connectivity index (χ1) is 13.3. The van der Waals surface area contributed by atoms with Crippen LogP contribution in [0.5, 0.6) is 0 Å². The van der Waals surface area contributed by atoms with Crippen molar-refractivity contribution in [2.24, 2.45) is 5.92 Å². The Balaban J connectivity index is 1.63. The summed E-state index contributed by atoms with van der Waals surface area (Å²) in [5.74, 6) is 1.05. The smallest absolute Gasteiger partial charge is 0.227 e. The number of carbonyl (C=O) groups is 1. The van der Waals surface area contributed by atoms with Crippen LogP contribution in [0.1, 0.15) is 61.5 Å². The first-order valence-corrected chi connectivity index (χ1v) is 10.8. The van der Waals surface area contributed by atoms with Crippen molar-refractivity contribution in [1.29, 1.82) is 0 Å². The summed E-state index contributed by atoms with van der Waals surface area (Å²) in [6.45, 7) is 2.49. The summed E-state index contributed by atoms with van der Waals surface area (Å²) in [7, 11) is 1.79. The van der Waals surface area contributed by atoms with Gasteiger partial charge in [0.25, 0.3) is 0 Å². The Morgan fingerprint density at radius 2 is 1.67 bits per heavy atom. The van der Waals surface area contributed by atoms with Gasteiger partial charge in [0.15, 0.2) is 0 Å². The molecule has 2 aromatic rings. The van der Waals surface area contributed by atoms with Gasteiger partial charge in [-0.2, -0.15) is 0 Å². The van der Waals surface area contributed by atoms with Crippen LogP contribution in [-0.4, -0.2) is 37.0 Å². The SMILES string of the molecule is CNC(=O)C1c2cccc3cccc(c23)C1C1CCCCC1N1CCCC1. The van der Waals surface area contributed by atoms with E-state index < -0.39 is 0 Å². The highest BCUT2D eigenvalue weighted by atomic mass is 16.1. The van der Waals surface area contributed by atoms with Gasteiger partial charge in [0.2, 0.25) is 5.91 Å². The topological polar surface area (TPSA) is 32.3 Å². The predicted molar refractivity (Wildman–Crippen MR) is 110 cm³/mol. The van der Waals surface area contributed by atoms with Crippen molar-refractivity contribution in [3.63, 3.8) is 0 Å². The lowest BCUT2D eigenvalue weighted by atomic mass is 9.69. The number of nitrogens with zero attached hydrogens (tertiary/aromatic N) is 1. The van der Waals surface area contributed by atoms with E-state index in [1.165, 1.54) is 73.5 Å². The zero-order valence-electron chi connectivity index (χ0n) is 16.3. The molecule has 3 aliphatic rings. The Kier molecular flexibility index (Phi) is 4.43.